The molecule has 0 spiro atoms. The average molecular weight is 573 g/mol. The topological polar surface area (TPSA) is 91.0 Å². The summed E-state index contributed by atoms with van der Waals surface area (Å²) in [5.74, 6) is 1.41. The van der Waals surface area contributed by atoms with Gasteiger partial charge in [-0.05, 0) is 25.5 Å². The van der Waals surface area contributed by atoms with Crippen LogP contribution in [0.25, 0.3) is 22.2 Å². The molecular weight excluding hydrogens is 543 g/mol. The Bertz CT molecular complexity index is 1420. The van der Waals surface area contributed by atoms with E-state index in [0.717, 1.165) is 34.8 Å². The molecule has 0 radical (unpaired) electrons. The largest absolute Gasteiger partial charge is 0.0556 e. The molecule has 35 heavy (non-hydrogen) atoms. The van der Waals surface area contributed by atoms with E-state index >= 15 is 0 Å². The van der Waals surface area contributed by atoms with Crippen LogP contribution in [0.3, 0.4) is 0 Å². The van der Waals surface area contributed by atoms with Crippen molar-refractivity contribution < 1.29 is 9.21 Å². The Balaban J connectivity index is 1.59. The smallest absolute Gasteiger partial charge is 0.0381 e. The molecule has 178 valence electrons. The van der Waals surface area contributed by atoms with Gasteiger partial charge in [-0.3, -0.25) is 4.79 Å². The van der Waals surface area contributed by atoms with Crippen molar-refractivity contribution in [3.63, 3.8) is 0 Å². The van der Waals surface area contributed by atoms with Gasteiger partial charge in [-0.25, -0.2) is 0 Å². The molecular formula is C28H30N4O2Sn. The standard InChI is InChI=1S/C26H23N4O2.2CH3.Sn.H/c1-4-28-15-20-7-10-24(32-20)18-6-9-22-23(12-18)29-14-19(13-27)25(22)30-26(31)21-8-5-16(2)11-17(21)3;;;;/h5-12,14,28H,1,4,15H2,2-3H3,(H,29,30,31);2*1H3;;. The molecule has 0 aliphatic carbocycles. The van der Waals surface area contributed by atoms with Crippen molar-refractivity contribution in [2.75, 3.05) is 11.9 Å². The maximum atomic E-state index is 13.0. The molecule has 0 aliphatic heterocycles. The summed E-state index contributed by atoms with van der Waals surface area (Å²) in [5.41, 5.74) is 4.92. The van der Waals surface area contributed by atoms with Crippen LogP contribution in [0, 0.1) is 25.2 Å². The molecule has 6 nitrogen and oxygen atoms in total. The normalized spacial score (nSPS) is 11.1. The molecule has 4 aromatic rings. The van der Waals surface area contributed by atoms with Crippen molar-refractivity contribution in [1.82, 2.24) is 10.3 Å². The van der Waals surface area contributed by atoms with E-state index in [1.54, 1.807) is 0 Å². The summed E-state index contributed by atoms with van der Waals surface area (Å²) in [5, 5.41) is 16.8. The average Bonchev–Trinajstić information content (AvgIpc) is 3.30. The Labute approximate surface area is 213 Å². The van der Waals surface area contributed by atoms with Gasteiger partial charge in [-0.2, -0.15) is 5.26 Å². The number of fused-ring (bicyclic) bond motifs is 1. The van der Waals surface area contributed by atoms with Crippen molar-refractivity contribution in [1.29, 1.82) is 5.26 Å². The second-order valence-corrected chi connectivity index (χ2v) is 18.9. The molecule has 0 bridgehead atoms. The van der Waals surface area contributed by atoms with Gasteiger partial charge in [-0.1, -0.05) is 17.7 Å². The minimum atomic E-state index is -1.18. The quantitative estimate of drug-likeness (QED) is 0.205. The fourth-order valence-electron chi connectivity index (χ4n) is 4.05. The van der Waals surface area contributed by atoms with Crippen LogP contribution in [-0.2, 0) is 6.54 Å². The number of aryl methyl sites for hydroxylation is 2. The van der Waals surface area contributed by atoms with Gasteiger partial charge in [0.2, 0.25) is 0 Å². The molecule has 0 aliphatic rings. The first-order valence-electron chi connectivity index (χ1n) is 11.9. The molecule has 2 aromatic heterocycles. The number of pyridine rings is 1. The summed E-state index contributed by atoms with van der Waals surface area (Å²) in [6.07, 6.45) is 1.50. The van der Waals surface area contributed by atoms with Gasteiger partial charge in [0.05, 0.1) is 5.56 Å². The number of amides is 1. The van der Waals surface area contributed by atoms with Crippen LogP contribution in [0.5, 0.6) is 0 Å². The summed E-state index contributed by atoms with van der Waals surface area (Å²) < 4.78 is 7.38. The van der Waals surface area contributed by atoms with Gasteiger partial charge in [0.15, 0.2) is 0 Å². The van der Waals surface area contributed by atoms with Crippen LogP contribution >= 0.6 is 0 Å². The molecule has 2 heterocycles. The molecule has 2 aromatic carbocycles. The molecule has 2 N–H and O–H groups in total. The number of aromatic nitrogens is 1. The third kappa shape index (κ3) is 5.92. The number of carbonyl (C=O) groups is 1. The van der Waals surface area contributed by atoms with Crippen molar-refractivity contribution in [2.45, 2.75) is 34.7 Å². The van der Waals surface area contributed by atoms with Crippen LogP contribution in [-0.4, -0.2) is 37.2 Å². The van der Waals surface area contributed by atoms with E-state index in [1.165, 1.54) is 10.6 Å². The second-order valence-electron chi connectivity index (χ2n) is 9.29. The summed E-state index contributed by atoms with van der Waals surface area (Å²) in [6.45, 7) is 5.65. The van der Waals surface area contributed by atoms with E-state index in [-0.39, 0.29) is 5.91 Å². The van der Waals surface area contributed by atoms with E-state index in [4.69, 9.17) is 4.42 Å². The van der Waals surface area contributed by atoms with Gasteiger partial charge >= 0.3 is 132 Å². The Morgan fingerprint density at radius 2 is 1.94 bits per heavy atom. The maximum absolute atomic E-state index is 13.0. The number of nitrogens with one attached hydrogen (secondary N) is 2. The van der Waals surface area contributed by atoms with E-state index < -0.39 is 19.8 Å². The van der Waals surface area contributed by atoms with Crippen LogP contribution in [0.15, 0.2) is 59.1 Å². The maximum Gasteiger partial charge on any atom is -0.0381 e. The third-order valence-electron chi connectivity index (χ3n) is 6.00. The number of rotatable bonds is 8. The molecule has 4 rings (SSSR count). The number of hydrogen-bond donors (Lipinski definition) is 2. The van der Waals surface area contributed by atoms with Crippen LogP contribution in [0.1, 0.15) is 32.8 Å². The van der Waals surface area contributed by atoms with E-state index in [9.17, 15) is 10.1 Å². The molecule has 7 heteroatoms. The summed E-state index contributed by atoms with van der Waals surface area (Å²) >= 11 is -1.18. The van der Waals surface area contributed by atoms with Crippen LogP contribution in [0.4, 0.5) is 5.69 Å². The first-order valence-corrected chi connectivity index (χ1v) is 20.8. The minimum Gasteiger partial charge on any atom is -0.0556 e. The van der Waals surface area contributed by atoms with Gasteiger partial charge in [-0.15, -0.1) is 0 Å². The number of hydrogen-bond acceptors (Lipinski definition) is 5. The number of carbonyl (C=O) groups excluding carboxylic acids is 1. The molecule has 0 fully saturated rings. The Hall–Kier alpha value is -3.15. The van der Waals surface area contributed by atoms with Gasteiger partial charge in [0.1, 0.15) is 6.07 Å². The number of nitriles is 1. The number of anilines is 1. The Morgan fingerprint density at radius 1 is 1.11 bits per heavy atom. The fraction of sp³-hybridized carbons (Fsp3) is 0.250. The van der Waals surface area contributed by atoms with Gasteiger partial charge < -0.3 is 5.32 Å². The van der Waals surface area contributed by atoms with Crippen molar-refractivity contribution in [3.05, 3.63) is 82.7 Å². The van der Waals surface area contributed by atoms with Crippen molar-refractivity contribution in [2.24, 2.45) is 0 Å². The van der Waals surface area contributed by atoms with Gasteiger partial charge in [0, 0.05) is 5.56 Å². The number of furan rings is 1. The zero-order chi connectivity index (χ0) is 24.9. The third-order valence-corrected chi connectivity index (χ3v) is 10.1. The molecule has 0 unspecified atom stereocenters. The molecule has 0 saturated heterocycles. The number of benzene rings is 2. The monoisotopic (exact) mass is 574 g/mol. The van der Waals surface area contributed by atoms with E-state index in [0.29, 0.717) is 34.3 Å². The van der Waals surface area contributed by atoms with Crippen molar-refractivity contribution >= 4 is 42.3 Å². The summed E-state index contributed by atoms with van der Waals surface area (Å²) in [4.78, 5) is 22.3. The molecule has 0 atom stereocenters. The SMILES string of the molecule is Cc1ccc(C(=O)Nc2c(C#N)cnc3cc(-c4ccc(CNC[CH2][SnH]([CH3])[CH3])o4)ccc23)c(C)c1. The molecule has 0 saturated carbocycles. The zero-order valence-corrected chi connectivity index (χ0v) is 23.9. The predicted octanol–water partition coefficient (Wildman–Crippen LogP) is 5.81. The van der Waals surface area contributed by atoms with Crippen LogP contribution < -0.4 is 10.6 Å². The first kappa shape index (κ1) is 25.0. The Kier molecular flexibility index (Phi) is 7.89. The van der Waals surface area contributed by atoms with E-state index in [2.05, 4.69) is 31.6 Å². The second kappa shape index (κ2) is 11.1. The summed E-state index contributed by atoms with van der Waals surface area (Å²) in [6, 6.07) is 17.5. The fourth-order valence-corrected chi connectivity index (χ4v) is 6.28. The van der Waals surface area contributed by atoms with Crippen molar-refractivity contribution in [3.8, 4) is 17.4 Å². The van der Waals surface area contributed by atoms with E-state index in [1.807, 2.05) is 62.4 Å². The summed E-state index contributed by atoms with van der Waals surface area (Å²) in [7, 11) is 0. The molecule has 1 amide bonds. The van der Waals surface area contributed by atoms with Gasteiger partial charge in [0.25, 0.3) is 5.91 Å². The first-order chi connectivity index (χ1) is 16.9. The van der Waals surface area contributed by atoms with Crippen LogP contribution in [0.2, 0.25) is 14.3 Å². The predicted molar refractivity (Wildman–Crippen MR) is 143 cm³/mol. The zero-order valence-electron chi connectivity index (χ0n) is 20.6. The minimum absolute atomic E-state index is 0.250. The Morgan fingerprint density at radius 3 is 2.69 bits per heavy atom. The number of nitrogens with zero attached hydrogens (tertiary/aromatic N) is 2.